The summed E-state index contributed by atoms with van der Waals surface area (Å²) in [7, 11) is -0.499. The molecule has 0 bridgehead atoms. The molecule has 0 saturated carbocycles. The molecule has 2 aromatic carbocycles. The summed E-state index contributed by atoms with van der Waals surface area (Å²) in [6.45, 7) is 3.59. The highest BCUT2D eigenvalue weighted by atomic mass is 32.2. The number of rotatable bonds is 9. The summed E-state index contributed by atoms with van der Waals surface area (Å²) in [6, 6.07) is 12.0. The third kappa shape index (κ3) is 5.87. The van der Waals surface area contributed by atoms with Gasteiger partial charge in [-0.3, -0.25) is 9.10 Å². The SMILES string of the molecule is CCC(NC(=O)CN(c1ccc(OC)cc1)S(C)(=O)=O)c1ccc(OC)c(C)c1. The number of ether oxygens (including phenoxy) is 2. The normalized spacial score (nSPS) is 12.2. The molecular formula is C21H28N2O5S. The van der Waals surface area contributed by atoms with Crippen LogP contribution in [0.5, 0.6) is 11.5 Å². The second-order valence-electron chi connectivity index (χ2n) is 6.73. The lowest BCUT2D eigenvalue weighted by molar-refractivity contribution is -0.120. The van der Waals surface area contributed by atoms with E-state index in [1.807, 2.05) is 32.0 Å². The molecule has 7 nitrogen and oxygen atoms in total. The van der Waals surface area contributed by atoms with Crippen LogP contribution in [0.3, 0.4) is 0 Å². The van der Waals surface area contributed by atoms with E-state index in [0.717, 1.165) is 27.4 Å². The molecule has 0 heterocycles. The fourth-order valence-corrected chi connectivity index (χ4v) is 3.91. The monoisotopic (exact) mass is 420 g/mol. The summed E-state index contributed by atoms with van der Waals surface area (Å²) in [5, 5.41) is 2.93. The first-order valence-corrected chi connectivity index (χ1v) is 11.1. The second kappa shape index (κ2) is 9.65. The second-order valence-corrected chi connectivity index (χ2v) is 8.63. The molecule has 2 rings (SSSR count). The number of hydrogen-bond acceptors (Lipinski definition) is 5. The number of anilines is 1. The van der Waals surface area contributed by atoms with E-state index in [-0.39, 0.29) is 18.5 Å². The summed E-state index contributed by atoms with van der Waals surface area (Å²) >= 11 is 0. The summed E-state index contributed by atoms with van der Waals surface area (Å²) in [5.41, 5.74) is 2.31. The fourth-order valence-electron chi connectivity index (χ4n) is 3.06. The number of nitrogens with one attached hydrogen (secondary N) is 1. The Kier molecular flexibility index (Phi) is 7.50. The number of nitrogens with zero attached hydrogens (tertiary/aromatic N) is 1. The lowest BCUT2D eigenvalue weighted by Crippen LogP contribution is -2.41. The van der Waals surface area contributed by atoms with Gasteiger partial charge in [0, 0.05) is 0 Å². The summed E-state index contributed by atoms with van der Waals surface area (Å²) in [5.74, 6) is 0.997. The molecule has 0 aliphatic rings. The van der Waals surface area contributed by atoms with Gasteiger partial charge in [0.25, 0.3) is 0 Å². The minimum Gasteiger partial charge on any atom is -0.497 e. The first kappa shape index (κ1) is 22.5. The molecule has 0 fully saturated rings. The number of sulfonamides is 1. The third-order valence-corrected chi connectivity index (χ3v) is 5.75. The Labute approximate surface area is 172 Å². The third-order valence-electron chi connectivity index (χ3n) is 4.61. The van der Waals surface area contributed by atoms with Crippen molar-refractivity contribution in [1.82, 2.24) is 5.32 Å². The van der Waals surface area contributed by atoms with Crippen molar-refractivity contribution in [3.8, 4) is 11.5 Å². The Morgan fingerprint density at radius 2 is 1.76 bits per heavy atom. The Morgan fingerprint density at radius 3 is 2.24 bits per heavy atom. The average molecular weight is 421 g/mol. The molecule has 0 saturated heterocycles. The molecule has 0 aromatic heterocycles. The van der Waals surface area contributed by atoms with Crippen molar-refractivity contribution in [3.05, 3.63) is 53.6 Å². The van der Waals surface area contributed by atoms with Gasteiger partial charge in [-0.2, -0.15) is 0 Å². The predicted molar refractivity (Wildman–Crippen MR) is 114 cm³/mol. The Hall–Kier alpha value is -2.74. The van der Waals surface area contributed by atoms with Crippen molar-refractivity contribution in [3.63, 3.8) is 0 Å². The summed E-state index contributed by atoms with van der Waals surface area (Å²) < 4.78 is 36.0. The largest absolute Gasteiger partial charge is 0.497 e. The lowest BCUT2D eigenvalue weighted by atomic mass is 10.0. The van der Waals surface area contributed by atoms with E-state index >= 15 is 0 Å². The minimum atomic E-state index is -3.64. The smallest absolute Gasteiger partial charge is 0.241 e. The number of aryl methyl sites for hydroxylation is 1. The Bertz CT molecular complexity index is 942. The first-order chi connectivity index (χ1) is 13.7. The van der Waals surface area contributed by atoms with Crippen molar-refractivity contribution in [2.24, 2.45) is 0 Å². The quantitative estimate of drug-likeness (QED) is 0.674. The number of carbonyl (C=O) groups excluding carboxylic acids is 1. The van der Waals surface area contributed by atoms with E-state index in [2.05, 4.69) is 5.32 Å². The van der Waals surface area contributed by atoms with Gasteiger partial charge in [-0.15, -0.1) is 0 Å². The Balaban J connectivity index is 2.18. The molecule has 0 radical (unpaired) electrons. The van der Waals surface area contributed by atoms with Gasteiger partial charge in [0.1, 0.15) is 18.0 Å². The van der Waals surface area contributed by atoms with E-state index in [1.54, 1.807) is 31.4 Å². The van der Waals surface area contributed by atoms with E-state index in [0.29, 0.717) is 17.9 Å². The molecule has 0 spiro atoms. The summed E-state index contributed by atoms with van der Waals surface area (Å²) in [4.78, 5) is 12.7. The number of methoxy groups -OCH3 is 2. The summed E-state index contributed by atoms with van der Waals surface area (Å²) in [6.07, 6.45) is 1.74. The minimum absolute atomic E-state index is 0.232. The van der Waals surface area contributed by atoms with E-state index in [1.165, 1.54) is 7.11 Å². The molecule has 1 amide bonds. The van der Waals surface area contributed by atoms with Gasteiger partial charge in [0.15, 0.2) is 0 Å². The van der Waals surface area contributed by atoms with E-state index in [4.69, 9.17) is 9.47 Å². The van der Waals surface area contributed by atoms with Gasteiger partial charge in [0.2, 0.25) is 15.9 Å². The van der Waals surface area contributed by atoms with Crippen LogP contribution >= 0.6 is 0 Å². The van der Waals surface area contributed by atoms with Crippen LogP contribution < -0.4 is 19.1 Å². The maximum atomic E-state index is 12.7. The van der Waals surface area contributed by atoms with E-state index < -0.39 is 10.0 Å². The zero-order chi connectivity index (χ0) is 21.6. The Morgan fingerprint density at radius 1 is 1.10 bits per heavy atom. The first-order valence-electron chi connectivity index (χ1n) is 9.25. The zero-order valence-electron chi connectivity index (χ0n) is 17.4. The number of benzene rings is 2. The van der Waals surface area contributed by atoms with Crippen molar-refractivity contribution in [2.45, 2.75) is 26.3 Å². The maximum absolute atomic E-state index is 12.7. The number of amides is 1. The molecule has 158 valence electrons. The van der Waals surface area contributed by atoms with Gasteiger partial charge in [0.05, 0.1) is 32.2 Å². The van der Waals surface area contributed by atoms with Crippen molar-refractivity contribution < 1.29 is 22.7 Å². The molecule has 2 aromatic rings. The molecular weight excluding hydrogens is 392 g/mol. The predicted octanol–water partition coefficient (Wildman–Crippen LogP) is 3.05. The van der Waals surface area contributed by atoms with Gasteiger partial charge < -0.3 is 14.8 Å². The van der Waals surface area contributed by atoms with Crippen LogP contribution in [0, 0.1) is 6.92 Å². The van der Waals surface area contributed by atoms with Crippen molar-refractivity contribution >= 4 is 21.6 Å². The number of hydrogen-bond donors (Lipinski definition) is 1. The van der Waals surface area contributed by atoms with Crippen LogP contribution in [-0.4, -0.2) is 41.3 Å². The van der Waals surface area contributed by atoms with Crippen LogP contribution in [0.15, 0.2) is 42.5 Å². The highest BCUT2D eigenvalue weighted by Gasteiger charge is 2.23. The average Bonchev–Trinajstić information content (AvgIpc) is 2.69. The van der Waals surface area contributed by atoms with Crippen LogP contribution in [0.4, 0.5) is 5.69 Å². The van der Waals surface area contributed by atoms with Crippen LogP contribution in [0.2, 0.25) is 0 Å². The lowest BCUT2D eigenvalue weighted by Gasteiger charge is -2.24. The topological polar surface area (TPSA) is 84.9 Å². The molecule has 1 N–H and O–H groups in total. The van der Waals surface area contributed by atoms with Gasteiger partial charge in [-0.1, -0.05) is 19.1 Å². The van der Waals surface area contributed by atoms with Gasteiger partial charge in [-0.25, -0.2) is 8.42 Å². The number of carbonyl (C=O) groups is 1. The van der Waals surface area contributed by atoms with Crippen LogP contribution in [0.1, 0.15) is 30.5 Å². The van der Waals surface area contributed by atoms with Crippen LogP contribution in [-0.2, 0) is 14.8 Å². The van der Waals surface area contributed by atoms with Crippen molar-refractivity contribution in [1.29, 1.82) is 0 Å². The highest BCUT2D eigenvalue weighted by molar-refractivity contribution is 7.92. The maximum Gasteiger partial charge on any atom is 0.241 e. The highest BCUT2D eigenvalue weighted by Crippen LogP contribution is 2.25. The fraction of sp³-hybridized carbons (Fsp3) is 0.381. The zero-order valence-corrected chi connectivity index (χ0v) is 18.2. The molecule has 29 heavy (non-hydrogen) atoms. The van der Waals surface area contributed by atoms with Gasteiger partial charge in [-0.05, 0) is 54.8 Å². The van der Waals surface area contributed by atoms with Crippen LogP contribution in [0.25, 0.3) is 0 Å². The van der Waals surface area contributed by atoms with E-state index in [9.17, 15) is 13.2 Å². The van der Waals surface area contributed by atoms with Gasteiger partial charge >= 0.3 is 0 Å². The molecule has 0 aliphatic heterocycles. The molecule has 1 unspecified atom stereocenters. The molecule has 0 aliphatic carbocycles. The van der Waals surface area contributed by atoms with Crippen molar-refractivity contribution in [2.75, 3.05) is 31.3 Å². The molecule has 8 heteroatoms. The molecule has 1 atom stereocenters. The standard InChI is InChI=1S/C21H28N2O5S/c1-6-19(16-7-12-20(28-4)15(2)13-16)22-21(24)14-23(29(5,25)26)17-8-10-18(27-3)11-9-17/h7-13,19H,6,14H2,1-5H3,(H,22,24).